The molecule has 0 unspecified atom stereocenters. The number of rotatable bonds is 4. The van der Waals surface area contributed by atoms with Gasteiger partial charge in [-0.3, -0.25) is 9.69 Å². The summed E-state index contributed by atoms with van der Waals surface area (Å²) < 4.78 is 0. The van der Waals surface area contributed by atoms with Crippen LogP contribution in [0.3, 0.4) is 0 Å². The second kappa shape index (κ2) is 5.60. The Bertz CT molecular complexity index is 397. The number of thiazole rings is 1. The van der Waals surface area contributed by atoms with Crippen LogP contribution in [0.2, 0.25) is 0 Å². The molecule has 1 aliphatic heterocycles. The number of hydrogen-bond donors (Lipinski definition) is 1. The third-order valence-electron chi connectivity index (χ3n) is 3.02. The second-order valence-corrected chi connectivity index (χ2v) is 5.80. The molecule has 1 aliphatic rings. The molecule has 5 heteroatoms. The molecular weight excluding hydrogens is 236 g/mol. The van der Waals surface area contributed by atoms with E-state index in [1.54, 1.807) is 11.3 Å². The third-order valence-corrected chi connectivity index (χ3v) is 4.02. The Morgan fingerprint density at radius 2 is 2.12 bits per heavy atom. The molecule has 1 aromatic rings. The summed E-state index contributed by atoms with van der Waals surface area (Å²) in [7, 11) is 0. The Labute approximate surface area is 105 Å². The molecule has 1 N–H and O–H groups in total. The second-order valence-electron chi connectivity index (χ2n) is 4.51. The SMILES string of the molecule is Cc1nc(CC(=O)O)c(CN2CCCCC2)s1. The average molecular weight is 254 g/mol. The van der Waals surface area contributed by atoms with Crippen molar-refractivity contribution >= 4 is 17.3 Å². The summed E-state index contributed by atoms with van der Waals surface area (Å²) in [5, 5.41) is 9.82. The fourth-order valence-corrected chi connectivity index (χ4v) is 3.23. The summed E-state index contributed by atoms with van der Waals surface area (Å²) in [6, 6.07) is 0. The van der Waals surface area contributed by atoms with Crippen molar-refractivity contribution in [1.29, 1.82) is 0 Å². The molecule has 4 nitrogen and oxygen atoms in total. The van der Waals surface area contributed by atoms with E-state index in [1.807, 2.05) is 6.92 Å². The first kappa shape index (κ1) is 12.5. The van der Waals surface area contributed by atoms with Gasteiger partial charge >= 0.3 is 5.97 Å². The first-order valence-electron chi connectivity index (χ1n) is 6.04. The van der Waals surface area contributed by atoms with Crippen LogP contribution in [0.15, 0.2) is 0 Å². The van der Waals surface area contributed by atoms with Crippen LogP contribution in [0.5, 0.6) is 0 Å². The highest BCUT2D eigenvalue weighted by molar-refractivity contribution is 7.11. The maximum absolute atomic E-state index is 10.8. The lowest BCUT2D eigenvalue weighted by molar-refractivity contribution is -0.136. The molecule has 0 saturated carbocycles. The molecule has 0 radical (unpaired) electrons. The molecule has 0 spiro atoms. The predicted molar refractivity (Wildman–Crippen MR) is 67.3 cm³/mol. The van der Waals surface area contributed by atoms with E-state index in [1.165, 1.54) is 19.3 Å². The van der Waals surface area contributed by atoms with Gasteiger partial charge in [-0.15, -0.1) is 11.3 Å². The highest BCUT2D eigenvalue weighted by atomic mass is 32.1. The zero-order valence-corrected chi connectivity index (χ0v) is 10.9. The van der Waals surface area contributed by atoms with Crippen LogP contribution in [0.25, 0.3) is 0 Å². The van der Waals surface area contributed by atoms with Crippen molar-refractivity contribution in [2.45, 2.75) is 39.2 Å². The van der Waals surface area contributed by atoms with Gasteiger partial charge in [-0.2, -0.15) is 0 Å². The number of piperidine rings is 1. The largest absolute Gasteiger partial charge is 0.481 e. The number of nitrogens with zero attached hydrogens (tertiary/aromatic N) is 2. The predicted octanol–water partition coefficient (Wildman–Crippen LogP) is 2.06. The maximum Gasteiger partial charge on any atom is 0.309 e. The minimum atomic E-state index is -0.796. The lowest BCUT2D eigenvalue weighted by Gasteiger charge is -2.25. The van der Waals surface area contributed by atoms with Crippen LogP contribution in [-0.2, 0) is 17.8 Å². The molecule has 94 valence electrons. The summed E-state index contributed by atoms with van der Waals surface area (Å²) in [5.74, 6) is -0.796. The van der Waals surface area contributed by atoms with Gasteiger partial charge in [-0.1, -0.05) is 6.42 Å². The van der Waals surface area contributed by atoms with Gasteiger partial charge in [0, 0.05) is 11.4 Å². The quantitative estimate of drug-likeness (QED) is 0.893. The topological polar surface area (TPSA) is 53.4 Å². The molecule has 17 heavy (non-hydrogen) atoms. The van der Waals surface area contributed by atoms with E-state index < -0.39 is 5.97 Å². The Kier molecular flexibility index (Phi) is 4.12. The van der Waals surface area contributed by atoms with Crippen molar-refractivity contribution in [2.75, 3.05) is 13.1 Å². The van der Waals surface area contributed by atoms with Gasteiger partial charge in [0.15, 0.2) is 0 Å². The first-order chi connectivity index (χ1) is 8.15. The molecular formula is C12H18N2O2S. The van der Waals surface area contributed by atoms with Gasteiger partial charge in [0.05, 0.1) is 17.1 Å². The number of carboxylic acid groups (broad SMARTS) is 1. The van der Waals surface area contributed by atoms with Crippen molar-refractivity contribution in [3.05, 3.63) is 15.6 Å². The van der Waals surface area contributed by atoms with Gasteiger partial charge in [0.1, 0.15) is 0 Å². The minimum Gasteiger partial charge on any atom is -0.481 e. The Hall–Kier alpha value is -0.940. The zero-order chi connectivity index (χ0) is 12.3. The van der Waals surface area contributed by atoms with Crippen molar-refractivity contribution in [1.82, 2.24) is 9.88 Å². The number of hydrogen-bond acceptors (Lipinski definition) is 4. The van der Waals surface area contributed by atoms with Gasteiger partial charge in [-0.05, 0) is 32.9 Å². The van der Waals surface area contributed by atoms with Crippen LogP contribution < -0.4 is 0 Å². The molecule has 1 aromatic heterocycles. The van der Waals surface area contributed by atoms with Crippen LogP contribution in [0.4, 0.5) is 0 Å². The smallest absolute Gasteiger partial charge is 0.309 e. The molecule has 1 fully saturated rings. The molecule has 2 rings (SSSR count). The van der Waals surface area contributed by atoms with Crippen molar-refractivity contribution in [3.63, 3.8) is 0 Å². The van der Waals surface area contributed by atoms with E-state index in [0.29, 0.717) is 0 Å². The molecule has 0 aliphatic carbocycles. The number of likely N-dealkylation sites (tertiary alicyclic amines) is 1. The fourth-order valence-electron chi connectivity index (χ4n) is 2.24. The van der Waals surface area contributed by atoms with Crippen LogP contribution >= 0.6 is 11.3 Å². The highest BCUT2D eigenvalue weighted by Gasteiger charge is 2.17. The number of aryl methyl sites for hydroxylation is 1. The van der Waals surface area contributed by atoms with E-state index in [9.17, 15) is 4.79 Å². The lowest BCUT2D eigenvalue weighted by atomic mass is 10.1. The van der Waals surface area contributed by atoms with Gasteiger partial charge in [0.2, 0.25) is 0 Å². The first-order valence-corrected chi connectivity index (χ1v) is 6.86. The summed E-state index contributed by atoms with van der Waals surface area (Å²) in [6.45, 7) is 5.07. The van der Waals surface area contributed by atoms with E-state index in [0.717, 1.165) is 35.2 Å². The Balaban J connectivity index is 2.05. The molecule has 0 amide bonds. The fraction of sp³-hybridized carbons (Fsp3) is 0.667. The average Bonchev–Trinajstić information content (AvgIpc) is 2.59. The summed E-state index contributed by atoms with van der Waals surface area (Å²) >= 11 is 1.63. The number of aromatic nitrogens is 1. The summed E-state index contributed by atoms with van der Waals surface area (Å²) in [5.41, 5.74) is 0.755. The standard InChI is InChI=1S/C12H18N2O2S/c1-9-13-10(7-12(15)16)11(17-9)8-14-5-3-2-4-6-14/h2-8H2,1H3,(H,15,16). The zero-order valence-electron chi connectivity index (χ0n) is 10.1. The summed E-state index contributed by atoms with van der Waals surface area (Å²) in [4.78, 5) is 18.6. The molecule has 0 atom stereocenters. The van der Waals surface area contributed by atoms with Crippen molar-refractivity contribution in [3.8, 4) is 0 Å². The van der Waals surface area contributed by atoms with Crippen molar-refractivity contribution < 1.29 is 9.90 Å². The number of aliphatic carboxylic acids is 1. The summed E-state index contributed by atoms with van der Waals surface area (Å²) in [6.07, 6.45) is 3.88. The number of carbonyl (C=O) groups is 1. The molecule has 1 saturated heterocycles. The monoisotopic (exact) mass is 254 g/mol. The van der Waals surface area contributed by atoms with Gasteiger partial charge in [-0.25, -0.2) is 4.98 Å². The third kappa shape index (κ3) is 3.51. The molecule has 0 aromatic carbocycles. The van der Waals surface area contributed by atoms with Gasteiger partial charge in [0.25, 0.3) is 0 Å². The van der Waals surface area contributed by atoms with E-state index in [-0.39, 0.29) is 6.42 Å². The van der Waals surface area contributed by atoms with Crippen LogP contribution in [0.1, 0.15) is 34.8 Å². The van der Waals surface area contributed by atoms with E-state index in [2.05, 4.69) is 9.88 Å². The molecule has 2 heterocycles. The minimum absolute atomic E-state index is 0.0491. The number of carboxylic acids is 1. The van der Waals surface area contributed by atoms with E-state index in [4.69, 9.17) is 5.11 Å². The van der Waals surface area contributed by atoms with Gasteiger partial charge < -0.3 is 5.11 Å². The highest BCUT2D eigenvalue weighted by Crippen LogP contribution is 2.22. The van der Waals surface area contributed by atoms with Crippen LogP contribution in [-0.4, -0.2) is 34.0 Å². The Morgan fingerprint density at radius 1 is 1.41 bits per heavy atom. The maximum atomic E-state index is 10.8. The molecule has 0 bridgehead atoms. The Morgan fingerprint density at radius 3 is 2.76 bits per heavy atom. The van der Waals surface area contributed by atoms with E-state index >= 15 is 0 Å². The van der Waals surface area contributed by atoms with Crippen molar-refractivity contribution in [2.24, 2.45) is 0 Å². The normalized spacial score (nSPS) is 17.2. The van der Waals surface area contributed by atoms with Crippen LogP contribution in [0, 0.1) is 6.92 Å². The lowest BCUT2D eigenvalue weighted by Crippen LogP contribution is -2.29.